The number of aliphatic hydroxyl groups excluding tert-OH is 2. The van der Waals surface area contributed by atoms with E-state index in [9.17, 15) is 4.79 Å². The topological polar surface area (TPSA) is 81.4 Å². The largest absolute Gasteiger partial charge is 0.509 e. The van der Waals surface area contributed by atoms with Crippen molar-refractivity contribution in [3.63, 3.8) is 0 Å². The number of rotatable bonds is 1. The van der Waals surface area contributed by atoms with Crippen LogP contribution in [-0.2, 0) is 4.79 Å². The zero-order valence-electron chi connectivity index (χ0n) is 6.63. The van der Waals surface area contributed by atoms with E-state index in [1.807, 2.05) is 0 Å². The molecule has 0 radical (unpaired) electrons. The lowest BCUT2D eigenvalue weighted by Gasteiger charge is -2.14. The highest BCUT2D eigenvalue weighted by Crippen LogP contribution is 2.18. The van der Waals surface area contributed by atoms with Gasteiger partial charge in [0.25, 0.3) is 0 Å². The average Bonchev–Trinajstić information content (AvgIpc) is 2.03. The summed E-state index contributed by atoms with van der Waals surface area (Å²) in [6, 6.07) is 0. The van der Waals surface area contributed by atoms with Crippen LogP contribution in [0.25, 0.3) is 0 Å². The van der Waals surface area contributed by atoms with Crippen molar-refractivity contribution in [1.29, 1.82) is 5.41 Å². The maximum Gasteiger partial charge on any atom is 0.168 e. The molecule has 1 aliphatic carbocycles. The summed E-state index contributed by atoms with van der Waals surface area (Å²) in [5.74, 6) is -0.609. The minimum absolute atomic E-state index is 0.0174. The quantitative estimate of drug-likeness (QED) is 0.396. The number of carbonyl (C=O) groups excluding carboxylic acids is 1. The molecule has 0 saturated heterocycles. The maximum absolute atomic E-state index is 11.1. The number of aliphatic hydroxyl groups is 2. The normalized spacial score (nSPS) is 22.8. The fraction of sp³-hybridized carbons (Fsp3) is 0.500. The van der Waals surface area contributed by atoms with E-state index in [0.29, 0.717) is 19.3 Å². The first-order valence-corrected chi connectivity index (χ1v) is 3.80. The van der Waals surface area contributed by atoms with Crippen LogP contribution in [0.5, 0.6) is 0 Å². The highest BCUT2D eigenvalue weighted by Gasteiger charge is 2.23. The predicted molar refractivity (Wildman–Crippen MR) is 43.3 cm³/mol. The van der Waals surface area contributed by atoms with E-state index in [2.05, 4.69) is 0 Å². The van der Waals surface area contributed by atoms with Crippen molar-refractivity contribution in [2.45, 2.75) is 19.3 Å². The molecule has 0 aromatic rings. The Hall–Kier alpha value is -1.16. The Morgan fingerprint density at radius 1 is 1.50 bits per heavy atom. The molecule has 3 N–H and O–H groups in total. The van der Waals surface area contributed by atoms with Gasteiger partial charge < -0.3 is 15.6 Å². The van der Waals surface area contributed by atoms with Crippen molar-refractivity contribution in [2.75, 3.05) is 6.61 Å². The van der Waals surface area contributed by atoms with Crippen molar-refractivity contribution in [1.82, 2.24) is 0 Å². The van der Waals surface area contributed by atoms with Gasteiger partial charge in [-0.3, -0.25) is 4.79 Å². The van der Waals surface area contributed by atoms with Gasteiger partial charge >= 0.3 is 0 Å². The molecule has 0 atom stereocenters. The summed E-state index contributed by atoms with van der Waals surface area (Å²) in [4.78, 5) is 11.1. The molecule has 1 fully saturated rings. The highest BCUT2D eigenvalue weighted by atomic mass is 16.3. The lowest BCUT2D eigenvalue weighted by Crippen LogP contribution is -2.21. The zero-order valence-corrected chi connectivity index (χ0v) is 6.63. The second kappa shape index (κ2) is 3.49. The Bertz CT molecular complexity index is 237. The Balaban J connectivity index is 2.98. The third-order valence-corrected chi connectivity index (χ3v) is 1.85. The van der Waals surface area contributed by atoms with E-state index in [0.717, 1.165) is 0 Å². The van der Waals surface area contributed by atoms with Crippen molar-refractivity contribution in [3.8, 4) is 0 Å². The van der Waals surface area contributed by atoms with Crippen LogP contribution in [0.1, 0.15) is 19.3 Å². The number of allylic oxidation sites excluding steroid dienone is 1. The van der Waals surface area contributed by atoms with Crippen molar-refractivity contribution in [2.24, 2.45) is 0 Å². The SMILES string of the molecule is N=C1CCCC(=O)/C1=C(\O)CO. The van der Waals surface area contributed by atoms with Crippen molar-refractivity contribution >= 4 is 11.5 Å². The van der Waals surface area contributed by atoms with Gasteiger partial charge in [0.05, 0.1) is 5.57 Å². The van der Waals surface area contributed by atoms with E-state index in [4.69, 9.17) is 15.6 Å². The second-order valence-electron chi connectivity index (χ2n) is 2.74. The summed E-state index contributed by atoms with van der Waals surface area (Å²) in [6.07, 6.45) is 1.53. The molecule has 4 heteroatoms. The molecule has 4 nitrogen and oxygen atoms in total. The Labute approximate surface area is 70.0 Å². The average molecular weight is 169 g/mol. The number of hydrogen-bond acceptors (Lipinski definition) is 4. The third kappa shape index (κ3) is 1.53. The molecule has 12 heavy (non-hydrogen) atoms. The number of ketones is 1. The van der Waals surface area contributed by atoms with Crippen LogP contribution in [0.3, 0.4) is 0 Å². The minimum atomic E-state index is -0.566. The molecule has 1 rings (SSSR count). The summed E-state index contributed by atoms with van der Waals surface area (Å²) in [6.45, 7) is -0.566. The lowest BCUT2D eigenvalue weighted by molar-refractivity contribution is -0.115. The lowest BCUT2D eigenvalue weighted by atomic mass is 9.91. The van der Waals surface area contributed by atoms with E-state index < -0.39 is 6.61 Å². The van der Waals surface area contributed by atoms with Crippen molar-refractivity contribution < 1.29 is 15.0 Å². The molecule has 1 aliphatic rings. The second-order valence-corrected chi connectivity index (χ2v) is 2.74. The molecule has 1 saturated carbocycles. The number of nitrogens with one attached hydrogen (secondary N) is 1. The molecular weight excluding hydrogens is 158 g/mol. The number of hydrogen-bond donors (Lipinski definition) is 3. The smallest absolute Gasteiger partial charge is 0.168 e. The summed E-state index contributed by atoms with van der Waals surface area (Å²) in [5, 5.41) is 25.0. The summed E-state index contributed by atoms with van der Waals surface area (Å²) >= 11 is 0. The van der Waals surface area contributed by atoms with Gasteiger partial charge in [0.1, 0.15) is 12.4 Å². The van der Waals surface area contributed by atoms with Gasteiger partial charge in [0.2, 0.25) is 0 Å². The molecule has 0 aromatic carbocycles. The third-order valence-electron chi connectivity index (χ3n) is 1.85. The standard InChI is InChI=1S/C8H11NO3/c9-5-2-1-3-6(11)8(5)7(12)4-10/h9-10,12H,1-4H2/b8-7-,9-5?. The van der Waals surface area contributed by atoms with Crippen LogP contribution in [0.2, 0.25) is 0 Å². The summed E-state index contributed by atoms with van der Waals surface area (Å²) in [5.41, 5.74) is 0.154. The monoisotopic (exact) mass is 169 g/mol. The zero-order chi connectivity index (χ0) is 9.14. The summed E-state index contributed by atoms with van der Waals surface area (Å²) < 4.78 is 0. The maximum atomic E-state index is 11.1. The van der Waals surface area contributed by atoms with E-state index in [1.165, 1.54) is 0 Å². The summed E-state index contributed by atoms with van der Waals surface area (Å²) in [7, 11) is 0. The molecule has 0 unspecified atom stereocenters. The first-order chi connectivity index (χ1) is 5.66. The fourth-order valence-corrected chi connectivity index (χ4v) is 1.26. The molecule has 66 valence electrons. The molecule has 0 bridgehead atoms. The van der Waals surface area contributed by atoms with Gasteiger partial charge in [-0.05, 0) is 12.8 Å². The first-order valence-electron chi connectivity index (χ1n) is 3.80. The van der Waals surface area contributed by atoms with Gasteiger partial charge in [-0.25, -0.2) is 0 Å². The Kier molecular flexibility index (Phi) is 2.60. The van der Waals surface area contributed by atoms with Gasteiger partial charge in [0.15, 0.2) is 5.78 Å². The van der Waals surface area contributed by atoms with Crippen LogP contribution in [0.15, 0.2) is 11.3 Å². The van der Waals surface area contributed by atoms with Gasteiger partial charge in [-0.15, -0.1) is 0 Å². The van der Waals surface area contributed by atoms with Gasteiger partial charge in [0, 0.05) is 12.1 Å². The van der Waals surface area contributed by atoms with Crippen molar-refractivity contribution in [3.05, 3.63) is 11.3 Å². The molecule has 0 heterocycles. The molecular formula is C8H11NO3. The minimum Gasteiger partial charge on any atom is -0.509 e. The Morgan fingerprint density at radius 3 is 2.67 bits per heavy atom. The molecule has 0 amide bonds. The molecule has 0 spiro atoms. The van der Waals surface area contributed by atoms with Crippen LogP contribution >= 0.6 is 0 Å². The number of Topliss-reactive ketones (excluding diaryl/α,β-unsaturated/α-hetero) is 1. The van der Waals surface area contributed by atoms with Crippen LogP contribution in [-0.4, -0.2) is 28.3 Å². The van der Waals surface area contributed by atoms with Crippen LogP contribution in [0, 0.1) is 5.41 Å². The number of carbonyl (C=O) groups is 1. The van der Waals surface area contributed by atoms with Crippen LogP contribution in [0.4, 0.5) is 0 Å². The van der Waals surface area contributed by atoms with E-state index >= 15 is 0 Å². The van der Waals surface area contributed by atoms with E-state index in [-0.39, 0.29) is 22.8 Å². The molecule has 0 aromatic heterocycles. The Morgan fingerprint density at radius 2 is 2.17 bits per heavy atom. The predicted octanol–water partition coefficient (Wildman–Crippen LogP) is 0.564. The van der Waals surface area contributed by atoms with Gasteiger partial charge in [-0.2, -0.15) is 0 Å². The van der Waals surface area contributed by atoms with Gasteiger partial charge in [-0.1, -0.05) is 0 Å². The highest BCUT2D eigenvalue weighted by molar-refractivity contribution is 6.23. The van der Waals surface area contributed by atoms with Crippen LogP contribution < -0.4 is 0 Å². The van der Waals surface area contributed by atoms with E-state index in [1.54, 1.807) is 0 Å². The fourth-order valence-electron chi connectivity index (χ4n) is 1.26. The molecule has 0 aliphatic heterocycles. The first kappa shape index (κ1) is 8.93.